The molecule has 1 saturated heterocycles. The molecule has 100 valence electrons. The summed E-state index contributed by atoms with van der Waals surface area (Å²) >= 11 is 1.63. The number of carbonyl (C=O) groups excluding carboxylic acids is 1. The number of aryl methyl sites for hydroxylation is 2. The number of amides is 1. The third kappa shape index (κ3) is 2.75. The van der Waals surface area contributed by atoms with Crippen molar-refractivity contribution in [3.63, 3.8) is 0 Å². The molecule has 1 fully saturated rings. The first-order valence-corrected chi connectivity index (χ1v) is 7.37. The highest BCUT2D eigenvalue weighted by atomic mass is 32.1. The number of carbonyl (C=O) groups is 1. The van der Waals surface area contributed by atoms with E-state index in [0.29, 0.717) is 13.1 Å². The van der Waals surface area contributed by atoms with E-state index in [4.69, 9.17) is 4.74 Å². The van der Waals surface area contributed by atoms with Crippen molar-refractivity contribution in [1.82, 2.24) is 4.90 Å². The van der Waals surface area contributed by atoms with Crippen LogP contribution in [0.3, 0.4) is 0 Å². The molecule has 2 heterocycles. The van der Waals surface area contributed by atoms with Gasteiger partial charge in [0.25, 0.3) is 5.91 Å². The van der Waals surface area contributed by atoms with Gasteiger partial charge in [0.2, 0.25) is 0 Å². The summed E-state index contributed by atoms with van der Waals surface area (Å²) in [6.45, 7) is 9.64. The first-order valence-electron chi connectivity index (χ1n) is 6.55. The Balaban J connectivity index is 2.14. The second-order valence-corrected chi connectivity index (χ2v) is 6.17. The molecule has 0 spiro atoms. The zero-order valence-electron chi connectivity index (χ0n) is 11.5. The molecule has 0 bridgehead atoms. The van der Waals surface area contributed by atoms with Gasteiger partial charge in [0.05, 0.1) is 17.1 Å². The fourth-order valence-corrected chi connectivity index (χ4v) is 3.56. The van der Waals surface area contributed by atoms with Crippen molar-refractivity contribution >= 4 is 17.2 Å². The standard InChI is InChI=1S/C14H21NO2S/c1-5-12-9(2)6-13(18-12)14(16)15-7-10(3)17-11(4)8-15/h6,10-11H,5,7-8H2,1-4H3/t10-,11-/m0/s1. The summed E-state index contributed by atoms with van der Waals surface area (Å²) in [6.07, 6.45) is 1.26. The lowest BCUT2D eigenvalue weighted by atomic mass is 10.2. The van der Waals surface area contributed by atoms with E-state index >= 15 is 0 Å². The summed E-state index contributed by atoms with van der Waals surface area (Å²) in [5, 5.41) is 0. The van der Waals surface area contributed by atoms with Crippen LogP contribution >= 0.6 is 11.3 Å². The fourth-order valence-electron chi connectivity index (χ4n) is 2.48. The number of rotatable bonds is 2. The summed E-state index contributed by atoms with van der Waals surface area (Å²) in [6, 6.07) is 2.02. The van der Waals surface area contributed by atoms with E-state index in [2.05, 4.69) is 13.8 Å². The van der Waals surface area contributed by atoms with Gasteiger partial charge in [-0.1, -0.05) is 6.92 Å². The highest BCUT2D eigenvalue weighted by molar-refractivity contribution is 7.14. The Labute approximate surface area is 113 Å². The average Bonchev–Trinajstić information content (AvgIpc) is 2.68. The van der Waals surface area contributed by atoms with Gasteiger partial charge in [-0.2, -0.15) is 0 Å². The van der Waals surface area contributed by atoms with Crippen molar-refractivity contribution in [2.24, 2.45) is 0 Å². The second-order valence-electron chi connectivity index (χ2n) is 5.04. The van der Waals surface area contributed by atoms with E-state index in [1.807, 2.05) is 24.8 Å². The predicted octanol–water partition coefficient (Wildman–Crippen LogP) is 2.87. The summed E-state index contributed by atoms with van der Waals surface area (Å²) in [5.74, 6) is 0.157. The van der Waals surface area contributed by atoms with E-state index in [9.17, 15) is 4.79 Å². The van der Waals surface area contributed by atoms with E-state index in [1.54, 1.807) is 11.3 Å². The molecule has 0 unspecified atom stereocenters. The van der Waals surface area contributed by atoms with Gasteiger partial charge >= 0.3 is 0 Å². The maximum absolute atomic E-state index is 12.5. The molecular formula is C14H21NO2S. The van der Waals surface area contributed by atoms with Crippen LogP contribution in [-0.2, 0) is 11.2 Å². The molecular weight excluding hydrogens is 246 g/mol. The number of hydrogen-bond acceptors (Lipinski definition) is 3. The molecule has 4 heteroatoms. The van der Waals surface area contributed by atoms with Crippen molar-refractivity contribution < 1.29 is 9.53 Å². The quantitative estimate of drug-likeness (QED) is 0.824. The minimum absolute atomic E-state index is 0.129. The molecule has 2 atom stereocenters. The van der Waals surface area contributed by atoms with Gasteiger partial charge in [0.1, 0.15) is 0 Å². The molecule has 0 saturated carbocycles. The fraction of sp³-hybridized carbons (Fsp3) is 0.643. The van der Waals surface area contributed by atoms with Crippen molar-refractivity contribution in [2.75, 3.05) is 13.1 Å². The van der Waals surface area contributed by atoms with Crippen LogP contribution in [0.4, 0.5) is 0 Å². The van der Waals surface area contributed by atoms with Crippen molar-refractivity contribution in [3.8, 4) is 0 Å². The molecule has 18 heavy (non-hydrogen) atoms. The lowest BCUT2D eigenvalue weighted by Gasteiger charge is -2.35. The van der Waals surface area contributed by atoms with Crippen LogP contribution in [0.1, 0.15) is 40.9 Å². The topological polar surface area (TPSA) is 29.5 Å². The molecule has 1 amide bonds. The second kappa shape index (κ2) is 5.41. The Bertz CT molecular complexity index is 431. The van der Waals surface area contributed by atoms with E-state index in [-0.39, 0.29) is 18.1 Å². The Morgan fingerprint density at radius 2 is 2.06 bits per heavy atom. The van der Waals surface area contributed by atoms with Crippen LogP contribution < -0.4 is 0 Å². The van der Waals surface area contributed by atoms with Gasteiger partial charge < -0.3 is 9.64 Å². The van der Waals surface area contributed by atoms with Gasteiger partial charge in [0, 0.05) is 18.0 Å². The average molecular weight is 267 g/mol. The molecule has 0 radical (unpaired) electrons. The number of ether oxygens (including phenoxy) is 1. The third-order valence-corrected chi connectivity index (χ3v) is 4.63. The first-order chi connectivity index (χ1) is 8.51. The lowest BCUT2D eigenvalue weighted by molar-refractivity contribution is -0.0585. The Morgan fingerprint density at radius 3 is 2.56 bits per heavy atom. The van der Waals surface area contributed by atoms with Crippen LogP contribution in [0, 0.1) is 6.92 Å². The maximum atomic E-state index is 12.5. The molecule has 3 nitrogen and oxygen atoms in total. The number of hydrogen-bond donors (Lipinski definition) is 0. The summed E-state index contributed by atoms with van der Waals surface area (Å²) in [4.78, 5) is 16.6. The minimum atomic E-state index is 0.129. The smallest absolute Gasteiger partial charge is 0.264 e. The molecule has 0 aliphatic carbocycles. The normalized spacial score (nSPS) is 24.3. The van der Waals surface area contributed by atoms with E-state index in [1.165, 1.54) is 10.4 Å². The monoisotopic (exact) mass is 267 g/mol. The van der Waals surface area contributed by atoms with Crippen LogP contribution in [-0.4, -0.2) is 36.1 Å². The lowest BCUT2D eigenvalue weighted by Crippen LogP contribution is -2.48. The predicted molar refractivity (Wildman–Crippen MR) is 74.3 cm³/mol. The maximum Gasteiger partial charge on any atom is 0.264 e. The molecule has 0 N–H and O–H groups in total. The minimum Gasteiger partial charge on any atom is -0.372 e. The Morgan fingerprint density at radius 1 is 1.44 bits per heavy atom. The first kappa shape index (κ1) is 13.6. The van der Waals surface area contributed by atoms with E-state index in [0.717, 1.165) is 11.3 Å². The van der Waals surface area contributed by atoms with Crippen LogP contribution in [0.2, 0.25) is 0 Å². The van der Waals surface area contributed by atoms with Gasteiger partial charge in [-0.25, -0.2) is 0 Å². The highest BCUT2D eigenvalue weighted by Crippen LogP contribution is 2.24. The van der Waals surface area contributed by atoms with Gasteiger partial charge in [-0.15, -0.1) is 11.3 Å². The van der Waals surface area contributed by atoms with Crippen molar-refractivity contribution in [2.45, 2.75) is 46.3 Å². The summed E-state index contributed by atoms with van der Waals surface area (Å²) < 4.78 is 5.66. The van der Waals surface area contributed by atoms with Gasteiger partial charge in [-0.05, 0) is 38.8 Å². The van der Waals surface area contributed by atoms with E-state index < -0.39 is 0 Å². The molecule has 1 aromatic heterocycles. The number of thiophene rings is 1. The summed E-state index contributed by atoms with van der Waals surface area (Å²) in [5.41, 5.74) is 1.24. The molecule has 2 rings (SSSR count). The van der Waals surface area contributed by atoms with Gasteiger partial charge in [-0.3, -0.25) is 4.79 Å². The zero-order chi connectivity index (χ0) is 13.3. The van der Waals surface area contributed by atoms with Crippen LogP contribution in [0.5, 0.6) is 0 Å². The Hall–Kier alpha value is -0.870. The van der Waals surface area contributed by atoms with Crippen molar-refractivity contribution in [1.29, 1.82) is 0 Å². The Kier molecular flexibility index (Phi) is 4.07. The molecule has 1 aliphatic rings. The third-order valence-electron chi connectivity index (χ3n) is 3.26. The summed E-state index contributed by atoms with van der Waals surface area (Å²) in [7, 11) is 0. The number of nitrogens with zero attached hydrogens (tertiary/aromatic N) is 1. The zero-order valence-corrected chi connectivity index (χ0v) is 12.3. The van der Waals surface area contributed by atoms with Gasteiger partial charge in [0.15, 0.2) is 0 Å². The highest BCUT2D eigenvalue weighted by Gasteiger charge is 2.27. The van der Waals surface area contributed by atoms with Crippen LogP contribution in [0.25, 0.3) is 0 Å². The molecule has 0 aromatic carbocycles. The SMILES string of the molecule is CCc1sc(C(=O)N2C[C@H](C)O[C@@H](C)C2)cc1C. The molecule has 1 aliphatic heterocycles. The molecule has 1 aromatic rings. The number of morpholine rings is 1. The van der Waals surface area contributed by atoms with Crippen LogP contribution in [0.15, 0.2) is 6.07 Å². The largest absolute Gasteiger partial charge is 0.372 e. The van der Waals surface area contributed by atoms with Crippen molar-refractivity contribution in [3.05, 3.63) is 21.4 Å².